The lowest BCUT2D eigenvalue weighted by atomic mass is 10.0. The number of thioether (sulfide) groups is 1. The summed E-state index contributed by atoms with van der Waals surface area (Å²) in [6, 6.07) is 6.32. The molecule has 1 aromatic rings. The van der Waals surface area contributed by atoms with E-state index in [9.17, 15) is 4.79 Å². The second kappa shape index (κ2) is 5.65. The highest BCUT2D eigenvalue weighted by molar-refractivity contribution is 8.00. The number of rotatable bonds is 3. The molecule has 1 atom stereocenters. The topological polar surface area (TPSA) is 40.5 Å². The van der Waals surface area contributed by atoms with Crippen molar-refractivity contribution in [3.8, 4) is 0 Å². The van der Waals surface area contributed by atoms with Crippen LogP contribution in [0.2, 0.25) is 0 Å². The maximum atomic E-state index is 11.1. The third-order valence-electron chi connectivity index (χ3n) is 3.36. The van der Waals surface area contributed by atoms with Gasteiger partial charge in [0.25, 0.3) is 0 Å². The minimum atomic E-state index is -0.698. The molecule has 2 rings (SSSR count). The summed E-state index contributed by atoms with van der Waals surface area (Å²) < 4.78 is 0. The molecular weight excluding hydrogens is 246 g/mol. The molecule has 0 radical (unpaired) electrons. The first-order chi connectivity index (χ1) is 8.63. The fraction of sp³-hybridized carbons (Fsp3) is 0.500. The number of benzene rings is 1. The Hall–Kier alpha value is -1.16. The van der Waals surface area contributed by atoms with Gasteiger partial charge in [0, 0.05) is 24.5 Å². The molecule has 0 spiro atoms. The standard InChI is InChI=1S/C14H19NO2S/c1-3-11-6-4-5-10(2)13(11)15-7-8-18-12(9-15)14(16)17/h4-6,12H,3,7-9H2,1-2H3,(H,16,17). The summed E-state index contributed by atoms with van der Waals surface area (Å²) >= 11 is 1.55. The Morgan fingerprint density at radius 3 is 3.00 bits per heavy atom. The number of carboxylic acids is 1. The van der Waals surface area contributed by atoms with Gasteiger partial charge in [-0.25, -0.2) is 0 Å². The first-order valence-corrected chi connectivity index (χ1v) is 7.36. The Kier molecular flexibility index (Phi) is 4.17. The average molecular weight is 265 g/mol. The zero-order chi connectivity index (χ0) is 13.1. The van der Waals surface area contributed by atoms with Crippen LogP contribution >= 0.6 is 11.8 Å². The molecule has 0 aliphatic carbocycles. The lowest BCUT2D eigenvalue weighted by molar-refractivity contribution is -0.136. The second-order valence-electron chi connectivity index (χ2n) is 4.58. The molecule has 1 fully saturated rings. The van der Waals surface area contributed by atoms with Crippen molar-refractivity contribution in [2.75, 3.05) is 23.7 Å². The Labute approximate surface area is 112 Å². The number of hydrogen-bond acceptors (Lipinski definition) is 3. The van der Waals surface area contributed by atoms with Gasteiger partial charge in [-0.1, -0.05) is 25.1 Å². The van der Waals surface area contributed by atoms with E-state index in [1.54, 1.807) is 11.8 Å². The Balaban J connectivity index is 2.28. The lowest BCUT2D eigenvalue weighted by Crippen LogP contribution is -2.42. The molecule has 0 aromatic heterocycles. The number of anilines is 1. The van der Waals surface area contributed by atoms with Gasteiger partial charge >= 0.3 is 5.97 Å². The van der Waals surface area contributed by atoms with Crippen molar-refractivity contribution in [3.63, 3.8) is 0 Å². The summed E-state index contributed by atoms with van der Waals surface area (Å²) in [6.07, 6.45) is 0.985. The van der Waals surface area contributed by atoms with Crippen molar-refractivity contribution in [1.82, 2.24) is 0 Å². The van der Waals surface area contributed by atoms with Crippen LogP contribution in [0.25, 0.3) is 0 Å². The van der Waals surface area contributed by atoms with E-state index in [0.717, 1.165) is 18.7 Å². The molecule has 4 heteroatoms. The molecule has 0 bridgehead atoms. The predicted molar refractivity (Wildman–Crippen MR) is 76.7 cm³/mol. The van der Waals surface area contributed by atoms with Crippen LogP contribution in [0.1, 0.15) is 18.1 Å². The summed E-state index contributed by atoms with van der Waals surface area (Å²) in [7, 11) is 0. The average Bonchev–Trinajstić information content (AvgIpc) is 2.38. The molecular formula is C14H19NO2S. The van der Waals surface area contributed by atoms with Crippen LogP contribution in [0.3, 0.4) is 0 Å². The van der Waals surface area contributed by atoms with E-state index in [0.29, 0.717) is 6.54 Å². The van der Waals surface area contributed by atoms with Gasteiger partial charge < -0.3 is 10.0 Å². The maximum Gasteiger partial charge on any atom is 0.318 e. The number of hydrogen-bond donors (Lipinski definition) is 1. The molecule has 1 N–H and O–H groups in total. The van der Waals surface area contributed by atoms with Gasteiger partial charge in [0.2, 0.25) is 0 Å². The number of aryl methyl sites for hydroxylation is 2. The van der Waals surface area contributed by atoms with Crippen LogP contribution in [-0.2, 0) is 11.2 Å². The lowest BCUT2D eigenvalue weighted by Gasteiger charge is -2.34. The third kappa shape index (κ3) is 2.64. The van der Waals surface area contributed by atoms with Crippen LogP contribution < -0.4 is 4.90 Å². The molecule has 1 aliphatic heterocycles. The van der Waals surface area contributed by atoms with Crippen molar-refractivity contribution in [3.05, 3.63) is 29.3 Å². The van der Waals surface area contributed by atoms with Gasteiger partial charge in [0.15, 0.2) is 0 Å². The van der Waals surface area contributed by atoms with Gasteiger partial charge in [0.05, 0.1) is 0 Å². The molecule has 18 heavy (non-hydrogen) atoms. The van der Waals surface area contributed by atoms with Gasteiger partial charge in [-0.15, -0.1) is 11.8 Å². The fourth-order valence-corrected chi connectivity index (χ4v) is 3.50. The maximum absolute atomic E-state index is 11.1. The molecule has 1 aliphatic rings. The van der Waals surface area contributed by atoms with E-state index in [2.05, 4.69) is 36.9 Å². The molecule has 98 valence electrons. The van der Waals surface area contributed by atoms with E-state index in [4.69, 9.17) is 5.11 Å². The van der Waals surface area contributed by atoms with Gasteiger partial charge in [-0.3, -0.25) is 4.79 Å². The Morgan fingerprint density at radius 1 is 1.56 bits per heavy atom. The number of para-hydroxylation sites is 1. The monoisotopic (exact) mass is 265 g/mol. The number of nitrogens with zero attached hydrogens (tertiary/aromatic N) is 1. The zero-order valence-electron chi connectivity index (χ0n) is 10.8. The molecule has 1 saturated heterocycles. The third-order valence-corrected chi connectivity index (χ3v) is 4.53. The Morgan fingerprint density at radius 2 is 2.33 bits per heavy atom. The van der Waals surface area contributed by atoms with E-state index in [-0.39, 0.29) is 5.25 Å². The SMILES string of the molecule is CCc1cccc(C)c1N1CCSC(C(=O)O)C1. The van der Waals surface area contributed by atoms with Gasteiger partial charge in [-0.2, -0.15) is 0 Å². The normalized spacial score (nSPS) is 19.9. The predicted octanol–water partition coefficient (Wildman–Crippen LogP) is 2.56. The fourth-order valence-electron chi connectivity index (χ4n) is 2.46. The number of carbonyl (C=O) groups is 1. The highest BCUT2D eigenvalue weighted by Crippen LogP contribution is 2.30. The molecule has 3 nitrogen and oxygen atoms in total. The largest absolute Gasteiger partial charge is 0.480 e. The molecule has 0 saturated carbocycles. The summed E-state index contributed by atoms with van der Waals surface area (Å²) in [6.45, 7) is 5.79. The van der Waals surface area contributed by atoms with Crippen molar-refractivity contribution >= 4 is 23.4 Å². The van der Waals surface area contributed by atoms with Crippen molar-refractivity contribution in [1.29, 1.82) is 0 Å². The van der Waals surface area contributed by atoms with Crippen LogP contribution in [0.5, 0.6) is 0 Å². The molecule has 1 aromatic carbocycles. The second-order valence-corrected chi connectivity index (χ2v) is 5.89. The van der Waals surface area contributed by atoms with Crippen LogP contribution in [0.4, 0.5) is 5.69 Å². The summed E-state index contributed by atoms with van der Waals surface area (Å²) in [4.78, 5) is 13.4. The summed E-state index contributed by atoms with van der Waals surface area (Å²) in [5.74, 6) is 0.186. The minimum absolute atomic E-state index is 0.303. The molecule has 1 heterocycles. The van der Waals surface area contributed by atoms with E-state index >= 15 is 0 Å². The molecule has 0 amide bonds. The number of carboxylic acid groups (broad SMARTS) is 1. The smallest absolute Gasteiger partial charge is 0.318 e. The van der Waals surface area contributed by atoms with Crippen molar-refractivity contribution < 1.29 is 9.90 Å². The highest BCUT2D eigenvalue weighted by atomic mass is 32.2. The minimum Gasteiger partial charge on any atom is -0.480 e. The van der Waals surface area contributed by atoms with E-state index < -0.39 is 5.97 Å². The van der Waals surface area contributed by atoms with Crippen LogP contribution in [0, 0.1) is 6.92 Å². The van der Waals surface area contributed by atoms with Crippen LogP contribution in [0.15, 0.2) is 18.2 Å². The summed E-state index contributed by atoms with van der Waals surface area (Å²) in [5.41, 5.74) is 3.79. The number of aliphatic carboxylic acids is 1. The summed E-state index contributed by atoms with van der Waals surface area (Å²) in [5, 5.41) is 8.85. The highest BCUT2D eigenvalue weighted by Gasteiger charge is 2.27. The quantitative estimate of drug-likeness (QED) is 0.912. The van der Waals surface area contributed by atoms with Crippen molar-refractivity contribution in [2.45, 2.75) is 25.5 Å². The first-order valence-electron chi connectivity index (χ1n) is 6.31. The van der Waals surface area contributed by atoms with Gasteiger partial charge in [-0.05, 0) is 24.5 Å². The van der Waals surface area contributed by atoms with E-state index in [1.165, 1.54) is 16.8 Å². The molecule has 1 unspecified atom stereocenters. The van der Waals surface area contributed by atoms with Gasteiger partial charge in [0.1, 0.15) is 5.25 Å². The van der Waals surface area contributed by atoms with Crippen molar-refractivity contribution in [2.24, 2.45) is 0 Å². The first kappa shape index (κ1) is 13.3. The van der Waals surface area contributed by atoms with E-state index in [1.807, 2.05) is 0 Å². The zero-order valence-corrected chi connectivity index (χ0v) is 11.7. The Bertz CT molecular complexity index is 447. The van der Waals surface area contributed by atoms with Crippen LogP contribution in [-0.4, -0.2) is 35.2 Å².